The Hall–Kier alpha value is -1.73. The van der Waals surface area contributed by atoms with Crippen molar-refractivity contribution in [2.24, 2.45) is 5.92 Å². The van der Waals surface area contributed by atoms with Crippen LogP contribution in [0.5, 0.6) is 0 Å². The van der Waals surface area contributed by atoms with E-state index in [1.54, 1.807) is 23.5 Å². The largest absolute Gasteiger partial charge is 0.384 e. The molecule has 2 aliphatic rings. The summed E-state index contributed by atoms with van der Waals surface area (Å²) in [4.78, 5) is 2.95. The van der Waals surface area contributed by atoms with Crippen molar-refractivity contribution in [1.82, 2.24) is 9.21 Å². The molecule has 0 saturated carbocycles. The summed E-state index contributed by atoms with van der Waals surface area (Å²) < 4.78 is 33.1. The van der Waals surface area contributed by atoms with Crippen LogP contribution in [0.25, 0.3) is 11.1 Å². The number of hydrogen-bond acceptors (Lipinski definition) is 4. The monoisotopic (exact) mass is 456 g/mol. The highest BCUT2D eigenvalue weighted by molar-refractivity contribution is 7.89. The van der Waals surface area contributed by atoms with Gasteiger partial charge in [-0.05, 0) is 80.3 Å². The van der Waals surface area contributed by atoms with Gasteiger partial charge in [0.05, 0.1) is 11.5 Å². The Morgan fingerprint density at radius 2 is 1.59 bits per heavy atom. The Kier molecular flexibility index (Phi) is 7.66. The fourth-order valence-corrected chi connectivity index (χ4v) is 6.60. The van der Waals surface area contributed by atoms with Crippen molar-refractivity contribution in [3.8, 4) is 11.1 Å². The van der Waals surface area contributed by atoms with Gasteiger partial charge in [0, 0.05) is 32.8 Å². The first kappa shape index (κ1) is 23.4. The molecule has 2 aliphatic heterocycles. The lowest BCUT2D eigenvalue weighted by atomic mass is 10.0. The van der Waals surface area contributed by atoms with Gasteiger partial charge in [0.25, 0.3) is 0 Å². The second-order valence-electron chi connectivity index (χ2n) is 9.33. The first-order valence-electron chi connectivity index (χ1n) is 11.9. The minimum atomic E-state index is -3.47. The minimum absolute atomic E-state index is 0.273. The van der Waals surface area contributed by atoms with Gasteiger partial charge in [0.1, 0.15) is 0 Å². The van der Waals surface area contributed by atoms with Crippen molar-refractivity contribution in [3.05, 3.63) is 54.1 Å². The normalized spacial score (nSPS) is 22.9. The standard InChI is InChI=1S/C26H36N2O3S/c1-21-5-3-16-27(21)18-15-22-7-9-24(10-8-22)25-11-13-26(14-12-25)32(29,30)28-17-4-6-23(19-28)20-31-2/h7-14,21,23H,3-6,15-20H2,1-2H3/t21-,23-/m1/s1. The van der Waals surface area contributed by atoms with Crippen molar-refractivity contribution in [3.63, 3.8) is 0 Å². The number of nitrogens with zero attached hydrogens (tertiary/aromatic N) is 2. The van der Waals surface area contributed by atoms with Crippen LogP contribution in [-0.2, 0) is 21.2 Å². The molecule has 2 atom stereocenters. The van der Waals surface area contributed by atoms with Gasteiger partial charge < -0.3 is 9.64 Å². The Labute approximate surface area is 193 Å². The number of benzene rings is 2. The van der Waals surface area contributed by atoms with E-state index in [1.807, 2.05) is 12.1 Å². The lowest BCUT2D eigenvalue weighted by Crippen LogP contribution is -2.41. The van der Waals surface area contributed by atoms with Crippen LogP contribution in [0.3, 0.4) is 0 Å². The van der Waals surface area contributed by atoms with Crippen molar-refractivity contribution < 1.29 is 13.2 Å². The summed E-state index contributed by atoms with van der Waals surface area (Å²) in [5.74, 6) is 0.273. The SMILES string of the molecule is COC[C@@H]1CCCN(S(=O)(=O)c2ccc(-c3ccc(CCN4CCC[C@H]4C)cc3)cc2)C1. The zero-order valence-corrected chi connectivity index (χ0v) is 20.2. The molecule has 0 aliphatic carbocycles. The lowest BCUT2D eigenvalue weighted by molar-refractivity contribution is 0.118. The molecule has 0 unspecified atom stereocenters. The van der Waals surface area contributed by atoms with Gasteiger partial charge in [-0.15, -0.1) is 0 Å². The van der Waals surface area contributed by atoms with E-state index in [2.05, 4.69) is 36.1 Å². The maximum Gasteiger partial charge on any atom is 0.243 e. The second-order valence-corrected chi connectivity index (χ2v) is 11.3. The Bertz CT molecular complexity index is 971. The molecule has 0 aromatic heterocycles. The molecule has 2 fully saturated rings. The molecule has 0 radical (unpaired) electrons. The van der Waals surface area contributed by atoms with E-state index in [4.69, 9.17) is 4.74 Å². The molecule has 2 heterocycles. The van der Waals surface area contributed by atoms with Crippen LogP contribution in [0.2, 0.25) is 0 Å². The maximum atomic E-state index is 13.1. The molecular weight excluding hydrogens is 420 g/mol. The molecule has 0 amide bonds. The van der Waals surface area contributed by atoms with E-state index in [1.165, 1.54) is 24.9 Å². The third kappa shape index (κ3) is 5.42. The van der Waals surface area contributed by atoms with Crippen molar-refractivity contribution in [1.29, 1.82) is 0 Å². The number of methoxy groups -OCH3 is 1. The predicted octanol–water partition coefficient (Wildman–Crippen LogP) is 4.43. The highest BCUT2D eigenvalue weighted by atomic mass is 32.2. The molecule has 6 heteroatoms. The zero-order valence-electron chi connectivity index (χ0n) is 19.4. The van der Waals surface area contributed by atoms with E-state index in [0.29, 0.717) is 30.6 Å². The number of hydrogen-bond donors (Lipinski definition) is 0. The molecule has 0 N–H and O–H groups in total. The first-order valence-corrected chi connectivity index (χ1v) is 13.3. The van der Waals surface area contributed by atoms with Gasteiger partial charge in [0.2, 0.25) is 10.0 Å². The van der Waals surface area contributed by atoms with Crippen LogP contribution in [0, 0.1) is 5.92 Å². The summed E-state index contributed by atoms with van der Waals surface area (Å²) in [6, 6.07) is 16.7. The second kappa shape index (κ2) is 10.5. The van der Waals surface area contributed by atoms with E-state index in [9.17, 15) is 8.42 Å². The average Bonchev–Trinajstić information content (AvgIpc) is 3.23. The van der Waals surface area contributed by atoms with Gasteiger partial charge in [-0.25, -0.2) is 8.42 Å². The van der Waals surface area contributed by atoms with Gasteiger partial charge in [-0.1, -0.05) is 36.4 Å². The van der Waals surface area contributed by atoms with Crippen LogP contribution < -0.4 is 0 Å². The smallest absolute Gasteiger partial charge is 0.243 e. The highest BCUT2D eigenvalue weighted by Gasteiger charge is 2.30. The first-order chi connectivity index (χ1) is 15.5. The fourth-order valence-electron chi connectivity index (χ4n) is 5.05. The fraction of sp³-hybridized carbons (Fsp3) is 0.538. The van der Waals surface area contributed by atoms with E-state index >= 15 is 0 Å². The topological polar surface area (TPSA) is 49.9 Å². The predicted molar refractivity (Wildman–Crippen MR) is 129 cm³/mol. The molecule has 32 heavy (non-hydrogen) atoms. The summed E-state index contributed by atoms with van der Waals surface area (Å²) in [7, 11) is -1.79. The highest BCUT2D eigenvalue weighted by Crippen LogP contribution is 2.27. The number of likely N-dealkylation sites (tertiary alicyclic amines) is 1. The van der Waals surface area contributed by atoms with Gasteiger partial charge >= 0.3 is 0 Å². The van der Waals surface area contributed by atoms with Gasteiger partial charge in [-0.2, -0.15) is 4.31 Å². The molecule has 2 aromatic carbocycles. The van der Waals surface area contributed by atoms with E-state index in [0.717, 1.165) is 36.9 Å². The lowest BCUT2D eigenvalue weighted by Gasteiger charge is -2.31. The molecule has 2 saturated heterocycles. The van der Waals surface area contributed by atoms with Gasteiger partial charge in [0.15, 0.2) is 0 Å². The summed E-state index contributed by atoms with van der Waals surface area (Å²) in [6.07, 6.45) is 5.61. The van der Waals surface area contributed by atoms with Crippen LogP contribution >= 0.6 is 0 Å². The molecule has 0 spiro atoms. The summed E-state index contributed by atoms with van der Waals surface area (Å²) in [5.41, 5.74) is 3.51. The third-order valence-electron chi connectivity index (χ3n) is 7.04. The number of rotatable bonds is 8. The molecule has 4 rings (SSSR count). The quantitative estimate of drug-likeness (QED) is 0.590. The molecule has 2 aromatic rings. The van der Waals surface area contributed by atoms with Gasteiger partial charge in [-0.3, -0.25) is 0 Å². The van der Waals surface area contributed by atoms with Crippen LogP contribution in [0.1, 0.15) is 38.2 Å². The zero-order chi connectivity index (χ0) is 22.6. The molecule has 174 valence electrons. The van der Waals surface area contributed by atoms with Crippen molar-refractivity contribution in [2.75, 3.05) is 39.9 Å². The van der Waals surface area contributed by atoms with Crippen LogP contribution in [-0.4, -0.2) is 63.6 Å². The number of sulfonamides is 1. The Morgan fingerprint density at radius 3 is 2.22 bits per heavy atom. The summed E-state index contributed by atoms with van der Waals surface area (Å²) in [6.45, 7) is 6.40. The van der Waals surface area contributed by atoms with Crippen molar-refractivity contribution in [2.45, 2.75) is 50.0 Å². The third-order valence-corrected chi connectivity index (χ3v) is 8.92. The average molecular weight is 457 g/mol. The summed E-state index contributed by atoms with van der Waals surface area (Å²) >= 11 is 0. The Morgan fingerprint density at radius 1 is 0.938 bits per heavy atom. The maximum absolute atomic E-state index is 13.1. The summed E-state index contributed by atoms with van der Waals surface area (Å²) in [5, 5.41) is 0. The molecular formula is C26H36N2O3S. The van der Waals surface area contributed by atoms with E-state index < -0.39 is 10.0 Å². The van der Waals surface area contributed by atoms with Crippen LogP contribution in [0.15, 0.2) is 53.4 Å². The molecule has 0 bridgehead atoms. The Balaban J connectivity index is 1.39. The minimum Gasteiger partial charge on any atom is -0.384 e. The number of ether oxygens (including phenoxy) is 1. The van der Waals surface area contributed by atoms with E-state index in [-0.39, 0.29) is 5.92 Å². The van der Waals surface area contributed by atoms with Crippen LogP contribution in [0.4, 0.5) is 0 Å². The number of piperidine rings is 1. The molecule has 5 nitrogen and oxygen atoms in total. The van der Waals surface area contributed by atoms with Crippen molar-refractivity contribution >= 4 is 10.0 Å².